The second-order valence-electron chi connectivity index (χ2n) is 7.61. The number of halogens is 1. The zero-order chi connectivity index (χ0) is 20.9. The van der Waals surface area contributed by atoms with E-state index in [1.807, 2.05) is 0 Å². The standard InChI is InChI=1S/C21H21BrN4OS3/c1-4-21(2)9-14-15(10-27-21)30-18-16(14)17-24-25-20(26(17)19(23-18)28-3)29-11-12-5-7-13(22)8-6-12/h5-8H,4,9-11H2,1-3H3/t21-/m0/s1. The molecule has 0 fully saturated rings. The third-order valence-corrected chi connectivity index (χ3v) is 8.90. The number of thioether (sulfide) groups is 2. The number of thiophene rings is 1. The summed E-state index contributed by atoms with van der Waals surface area (Å²) in [6.07, 6.45) is 3.93. The van der Waals surface area contributed by atoms with E-state index in [0.29, 0.717) is 6.61 Å². The first-order chi connectivity index (χ1) is 14.5. The quantitative estimate of drug-likeness (QED) is 0.225. The minimum atomic E-state index is -0.130. The van der Waals surface area contributed by atoms with Gasteiger partial charge in [-0.3, -0.25) is 0 Å². The van der Waals surface area contributed by atoms with Crippen molar-refractivity contribution in [3.05, 3.63) is 44.7 Å². The molecule has 1 aliphatic rings. The first kappa shape index (κ1) is 20.8. The maximum Gasteiger partial charge on any atom is 0.198 e. The molecule has 30 heavy (non-hydrogen) atoms. The third-order valence-electron chi connectivity index (χ3n) is 5.63. The number of hydrogen-bond donors (Lipinski definition) is 0. The predicted octanol–water partition coefficient (Wildman–Crippen LogP) is 6.36. The van der Waals surface area contributed by atoms with E-state index >= 15 is 0 Å². The Bertz CT molecular complexity index is 1240. The minimum Gasteiger partial charge on any atom is -0.369 e. The number of fused-ring (bicyclic) bond motifs is 5. The smallest absolute Gasteiger partial charge is 0.198 e. The molecule has 4 aromatic rings. The molecule has 5 rings (SSSR count). The van der Waals surface area contributed by atoms with Crippen molar-refractivity contribution in [2.75, 3.05) is 6.26 Å². The second kappa shape index (κ2) is 8.09. The summed E-state index contributed by atoms with van der Waals surface area (Å²) in [7, 11) is 0. The van der Waals surface area contributed by atoms with Gasteiger partial charge in [0.2, 0.25) is 0 Å². The number of ether oxygens (including phenoxy) is 1. The average molecular weight is 522 g/mol. The van der Waals surface area contributed by atoms with Gasteiger partial charge in [-0.2, -0.15) is 0 Å². The van der Waals surface area contributed by atoms with Crippen LogP contribution < -0.4 is 0 Å². The second-order valence-corrected chi connectivity index (χ2v) is 11.3. The summed E-state index contributed by atoms with van der Waals surface area (Å²) < 4.78 is 9.38. The van der Waals surface area contributed by atoms with Crippen molar-refractivity contribution >= 4 is 66.7 Å². The minimum absolute atomic E-state index is 0.130. The maximum absolute atomic E-state index is 6.17. The first-order valence-corrected chi connectivity index (χ1v) is 13.6. The van der Waals surface area contributed by atoms with Gasteiger partial charge >= 0.3 is 0 Å². The average Bonchev–Trinajstić information content (AvgIpc) is 3.33. The normalized spacial score (nSPS) is 18.9. The molecule has 1 aromatic carbocycles. The van der Waals surface area contributed by atoms with Gasteiger partial charge in [0.25, 0.3) is 0 Å². The molecule has 0 bridgehead atoms. The van der Waals surface area contributed by atoms with Gasteiger partial charge in [0.05, 0.1) is 17.6 Å². The van der Waals surface area contributed by atoms with Crippen molar-refractivity contribution in [1.82, 2.24) is 19.6 Å². The van der Waals surface area contributed by atoms with Crippen LogP contribution in [-0.4, -0.2) is 31.4 Å². The van der Waals surface area contributed by atoms with Crippen LogP contribution in [0.2, 0.25) is 0 Å². The molecule has 9 heteroatoms. The van der Waals surface area contributed by atoms with Crippen LogP contribution in [0.3, 0.4) is 0 Å². The van der Waals surface area contributed by atoms with Crippen LogP contribution in [0.25, 0.3) is 15.9 Å². The van der Waals surface area contributed by atoms with Gasteiger partial charge in [0.1, 0.15) is 4.83 Å². The molecule has 156 valence electrons. The Hall–Kier alpha value is -1.13. The highest BCUT2D eigenvalue weighted by molar-refractivity contribution is 9.10. The lowest BCUT2D eigenvalue weighted by atomic mass is 9.90. The van der Waals surface area contributed by atoms with Crippen molar-refractivity contribution in [3.63, 3.8) is 0 Å². The zero-order valence-corrected chi connectivity index (χ0v) is 21.0. The number of hydrogen-bond acceptors (Lipinski definition) is 7. The molecule has 1 aliphatic heterocycles. The summed E-state index contributed by atoms with van der Waals surface area (Å²) in [4.78, 5) is 7.30. The fourth-order valence-electron chi connectivity index (χ4n) is 3.70. The summed E-state index contributed by atoms with van der Waals surface area (Å²) in [6.45, 7) is 5.04. The highest BCUT2D eigenvalue weighted by Gasteiger charge is 2.33. The highest BCUT2D eigenvalue weighted by Crippen LogP contribution is 2.42. The van der Waals surface area contributed by atoms with Crippen molar-refractivity contribution in [2.24, 2.45) is 0 Å². The Balaban J connectivity index is 1.60. The van der Waals surface area contributed by atoms with Crippen molar-refractivity contribution in [1.29, 1.82) is 0 Å². The van der Waals surface area contributed by atoms with Crippen molar-refractivity contribution < 1.29 is 4.74 Å². The van der Waals surface area contributed by atoms with E-state index < -0.39 is 0 Å². The summed E-state index contributed by atoms with van der Waals surface area (Å²) in [5, 5.41) is 12.2. The van der Waals surface area contributed by atoms with Crippen molar-refractivity contribution in [2.45, 2.75) is 55.0 Å². The van der Waals surface area contributed by atoms with Crippen LogP contribution in [0.1, 0.15) is 36.3 Å². The Morgan fingerprint density at radius 3 is 2.77 bits per heavy atom. The van der Waals surface area contributed by atoms with E-state index in [9.17, 15) is 0 Å². The maximum atomic E-state index is 6.17. The SMILES string of the molecule is CC[C@@]1(C)Cc2c(sc3nc(SC)n4c(SCc5ccc(Br)cc5)nnc4c23)CO1. The molecule has 0 aliphatic carbocycles. The van der Waals surface area contributed by atoms with E-state index in [-0.39, 0.29) is 5.60 Å². The van der Waals surface area contributed by atoms with Crippen LogP contribution in [0.15, 0.2) is 39.1 Å². The Kier molecular flexibility index (Phi) is 5.60. The molecule has 0 unspecified atom stereocenters. The zero-order valence-electron chi connectivity index (χ0n) is 16.9. The third kappa shape index (κ3) is 3.58. The molecule has 0 amide bonds. The molecule has 5 nitrogen and oxygen atoms in total. The lowest BCUT2D eigenvalue weighted by Gasteiger charge is -2.32. The van der Waals surface area contributed by atoms with E-state index in [4.69, 9.17) is 9.72 Å². The van der Waals surface area contributed by atoms with E-state index in [0.717, 1.165) is 49.2 Å². The van der Waals surface area contributed by atoms with Gasteiger partial charge in [-0.1, -0.05) is 58.5 Å². The van der Waals surface area contributed by atoms with Crippen LogP contribution in [0.4, 0.5) is 0 Å². The molecule has 0 radical (unpaired) electrons. The van der Waals surface area contributed by atoms with E-state index in [1.54, 1.807) is 34.9 Å². The van der Waals surface area contributed by atoms with E-state index in [1.165, 1.54) is 16.0 Å². The van der Waals surface area contributed by atoms with Gasteiger partial charge in [-0.25, -0.2) is 9.38 Å². The summed E-state index contributed by atoms with van der Waals surface area (Å²) in [5.74, 6) is 0.837. The van der Waals surface area contributed by atoms with Gasteiger partial charge in [0, 0.05) is 21.5 Å². The molecule has 0 saturated carbocycles. The molecule has 0 saturated heterocycles. The van der Waals surface area contributed by atoms with Crippen LogP contribution in [-0.2, 0) is 23.5 Å². The number of aromatic nitrogens is 4. The molecular formula is C21H21BrN4OS3. The highest BCUT2D eigenvalue weighted by atomic mass is 79.9. The number of rotatable bonds is 5. The topological polar surface area (TPSA) is 52.3 Å². The fraction of sp³-hybridized carbons (Fsp3) is 0.381. The lowest BCUT2D eigenvalue weighted by molar-refractivity contribution is -0.0542. The predicted molar refractivity (Wildman–Crippen MR) is 129 cm³/mol. The van der Waals surface area contributed by atoms with Gasteiger partial charge < -0.3 is 4.74 Å². The number of nitrogens with zero attached hydrogens (tertiary/aromatic N) is 4. The van der Waals surface area contributed by atoms with Crippen molar-refractivity contribution in [3.8, 4) is 0 Å². The number of benzene rings is 1. The lowest BCUT2D eigenvalue weighted by Crippen LogP contribution is -2.33. The molecule has 3 aromatic heterocycles. The fourth-order valence-corrected chi connectivity index (χ4v) is 6.61. The van der Waals surface area contributed by atoms with Crippen LogP contribution >= 0.6 is 50.8 Å². The van der Waals surface area contributed by atoms with Crippen LogP contribution in [0.5, 0.6) is 0 Å². The van der Waals surface area contributed by atoms with Gasteiger partial charge in [-0.15, -0.1) is 21.5 Å². The Morgan fingerprint density at radius 1 is 1.23 bits per heavy atom. The van der Waals surface area contributed by atoms with Gasteiger partial charge in [0.15, 0.2) is 16.0 Å². The molecule has 4 heterocycles. The van der Waals surface area contributed by atoms with Gasteiger partial charge in [-0.05, 0) is 42.9 Å². The molecule has 0 N–H and O–H groups in total. The molecular weight excluding hydrogens is 500 g/mol. The summed E-state index contributed by atoms with van der Waals surface area (Å²) >= 11 is 8.56. The Labute approximate surface area is 196 Å². The van der Waals surface area contributed by atoms with Crippen LogP contribution in [0, 0.1) is 0 Å². The first-order valence-electron chi connectivity index (χ1n) is 9.76. The van der Waals surface area contributed by atoms with E-state index in [2.05, 4.69) is 74.9 Å². The molecule has 1 atom stereocenters. The summed E-state index contributed by atoms with van der Waals surface area (Å²) in [5.41, 5.74) is 3.38. The summed E-state index contributed by atoms with van der Waals surface area (Å²) in [6, 6.07) is 8.40. The Morgan fingerprint density at radius 2 is 2.03 bits per heavy atom. The monoisotopic (exact) mass is 520 g/mol. The largest absolute Gasteiger partial charge is 0.369 e. The molecule has 0 spiro atoms.